The first-order valence-electron chi connectivity index (χ1n) is 3.49. The second-order valence-corrected chi connectivity index (χ2v) is 2.09. The Hall–Kier alpha value is -1.42. The molecule has 1 rings (SSSR count). The van der Waals surface area contributed by atoms with Crippen LogP contribution in [0.15, 0.2) is 24.3 Å². The Morgan fingerprint density at radius 2 is 1.67 bits per heavy atom. The molecule has 0 heterocycles. The maximum atomic E-state index is 10.1. The van der Waals surface area contributed by atoms with E-state index in [9.17, 15) is 10.1 Å². The van der Waals surface area contributed by atoms with Crippen LogP contribution in [-0.4, -0.2) is 12.0 Å². The quantitative estimate of drug-likeness (QED) is 0.510. The van der Waals surface area contributed by atoms with Crippen LogP contribution in [0.25, 0.3) is 0 Å². The summed E-state index contributed by atoms with van der Waals surface area (Å²) < 4.78 is 0. The second-order valence-electron chi connectivity index (χ2n) is 2.09. The van der Waals surface area contributed by atoms with Gasteiger partial charge in [-0.2, -0.15) is 0 Å². The van der Waals surface area contributed by atoms with E-state index in [4.69, 9.17) is 0 Å². The van der Waals surface area contributed by atoms with Crippen molar-refractivity contribution < 1.29 is 4.92 Å². The van der Waals surface area contributed by atoms with Crippen LogP contribution >= 0.6 is 0 Å². The van der Waals surface area contributed by atoms with Crippen LogP contribution in [-0.2, 0) is 0 Å². The van der Waals surface area contributed by atoms with Gasteiger partial charge in [-0.1, -0.05) is 17.7 Å². The summed E-state index contributed by atoms with van der Waals surface area (Å²) in [6.07, 6.45) is 0. The van der Waals surface area contributed by atoms with Gasteiger partial charge < -0.3 is 5.73 Å². The number of nitrogens with two attached hydrogens (primary N) is 1. The highest BCUT2D eigenvalue weighted by Crippen LogP contribution is 2.10. The Morgan fingerprint density at radius 3 is 2.00 bits per heavy atom. The van der Waals surface area contributed by atoms with Crippen molar-refractivity contribution in [2.45, 2.75) is 6.92 Å². The van der Waals surface area contributed by atoms with Gasteiger partial charge in [0.15, 0.2) is 0 Å². The first-order chi connectivity index (χ1) is 5.70. The Morgan fingerprint density at radius 1 is 1.25 bits per heavy atom. The van der Waals surface area contributed by atoms with Crippen molar-refractivity contribution >= 4 is 5.69 Å². The van der Waals surface area contributed by atoms with E-state index < -0.39 is 4.92 Å². The first kappa shape index (κ1) is 10.6. The first-order valence-corrected chi connectivity index (χ1v) is 3.49. The van der Waals surface area contributed by atoms with Gasteiger partial charge in [0.05, 0.1) is 4.92 Å². The van der Waals surface area contributed by atoms with Crippen molar-refractivity contribution in [3.63, 3.8) is 0 Å². The Balaban J connectivity index is 0.000000561. The fraction of sp³-hybridized carbons (Fsp3) is 0.250. The number of nitrogens with zero attached hydrogens (tertiary/aromatic N) is 1. The summed E-state index contributed by atoms with van der Waals surface area (Å²) in [5.74, 6) is 0. The van der Waals surface area contributed by atoms with E-state index in [1.54, 1.807) is 12.1 Å². The van der Waals surface area contributed by atoms with Crippen molar-refractivity contribution in [3.8, 4) is 0 Å². The number of hydrogen-bond donors (Lipinski definition) is 1. The fourth-order valence-electron chi connectivity index (χ4n) is 0.666. The number of benzene rings is 1. The average molecular weight is 168 g/mol. The molecule has 0 radical (unpaired) electrons. The Kier molecular flexibility index (Phi) is 4.64. The summed E-state index contributed by atoms with van der Waals surface area (Å²) in [6, 6.07) is 6.43. The van der Waals surface area contributed by atoms with Crippen LogP contribution in [0.1, 0.15) is 5.56 Å². The number of nitro benzene ring substituents is 1. The molecule has 4 nitrogen and oxygen atoms in total. The maximum Gasteiger partial charge on any atom is 0.269 e. The van der Waals surface area contributed by atoms with E-state index in [1.165, 1.54) is 19.2 Å². The molecule has 0 aromatic heterocycles. The minimum atomic E-state index is -0.403. The normalized spacial score (nSPS) is 8.25. The Labute approximate surface area is 71.2 Å². The third-order valence-electron chi connectivity index (χ3n) is 1.24. The van der Waals surface area contributed by atoms with E-state index in [0.717, 1.165) is 5.56 Å². The molecule has 0 saturated heterocycles. The topological polar surface area (TPSA) is 69.2 Å². The summed E-state index contributed by atoms with van der Waals surface area (Å²) in [7, 11) is 1.50. The highest BCUT2D eigenvalue weighted by molar-refractivity contribution is 5.31. The summed E-state index contributed by atoms with van der Waals surface area (Å²) in [4.78, 5) is 9.71. The number of hydrogen-bond acceptors (Lipinski definition) is 3. The van der Waals surface area contributed by atoms with Gasteiger partial charge in [0.1, 0.15) is 0 Å². The summed E-state index contributed by atoms with van der Waals surface area (Å²) in [5, 5.41) is 10.1. The highest BCUT2D eigenvalue weighted by atomic mass is 16.6. The van der Waals surface area contributed by atoms with E-state index in [1.807, 2.05) is 6.92 Å². The van der Waals surface area contributed by atoms with Gasteiger partial charge in [-0.15, -0.1) is 0 Å². The van der Waals surface area contributed by atoms with Gasteiger partial charge in [0.2, 0.25) is 0 Å². The minimum absolute atomic E-state index is 0.144. The molecule has 0 aliphatic carbocycles. The van der Waals surface area contributed by atoms with Crippen LogP contribution in [0.4, 0.5) is 5.69 Å². The van der Waals surface area contributed by atoms with Crippen LogP contribution in [0.2, 0.25) is 0 Å². The lowest BCUT2D eigenvalue weighted by Crippen LogP contribution is -1.86. The van der Waals surface area contributed by atoms with Gasteiger partial charge >= 0.3 is 0 Å². The molecule has 0 atom stereocenters. The van der Waals surface area contributed by atoms with E-state index in [-0.39, 0.29) is 5.69 Å². The van der Waals surface area contributed by atoms with E-state index >= 15 is 0 Å². The molecule has 1 aromatic rings. The molecule has 2 N–H and O–H groups in total. The molecular formula is C8H12N2O2. The van der Waals surface area contributed by atoms with Crippen LogP contribution < -0.4 is 5.73 Å². The lowest BCUT2D eigenvalue weighted by atomic mass is 10.2. The molecule has 0 spiro atoms. The fourth-order valence-corrected chi connectivity index (χ4v) is 0.666. The zero-order valence-corrected chi connectivity index (χ0v) is 7.15. The zero-order chi connectivity index (χ0) is 9.56. The van der Waals surface area contributed by atoms with Crippen molar-refractivity contribution in [2.75, 3.05) is 7.05 Å². The average Bonchev–Trinajstić information content (AvgIpc) is 2.09. The maximum absolute atomic E-state index is 10.1. The molecule has 0 saturated carbocycles. The molecule has 0 amide bonds. The third-order valence-corrected chi connectivity index (χ3v) is 1.24. The standard InChI is InChI=1S/C7H7NO2.CH5N/c1-6-2-4-7(5-3-6)8(9)10;1-2/h2-5H,1H3;2H2,1H3. The van der Waals surface area contributed by atoms with Gasteiger partial charge in [-0.3, -0.25) is 10.1 Å². The molecule has 0 bridgehead atoms. The molecule has 0 aliphatic rings. The number of rotatable bonds is 1. The third kappa shape index (κ3) is 3.12. The molecule has 0 aliphatic heterocycles. The molecule has 12 heavy (non-hydrogen) atoms. The number of non-ortho nitro benzene ring substituents is 1. The predicted molar refractivity (Wildman–Crippen MR) is 47.9 cm³/mol. The van der Waals surface area contributed by atoms with Crippen LogP contribution in [0.3, 0.4) is 0 Å². The smallest absolute Gasteiger partial charge is 0.269 e. The largest absolute Gasteiger partial charge is 0.333 e. The zero-order valence-electron chi connectivity index (χ0n) is 7.15. The van der Waals surface area contributed by atoms with Gasteiger partial charge in [0.25, 0.3) is 5.69 Å². The number of aryl methyl sites for hydroxylation is 1. The van der Waals surface area contributed by atoms with Gasteiger partial charge in [-0.25, -0.2) is 0 Å². The van der Waals surface area contributed by atoms with Gasteiger partial charge in [-0.05, 0) is 14.0 Å². The lowest BCUT2D eigenvalue weighted by molar-refractivity contribution is -0.384. The summed E-state index contributed by atoms with van der Waals surface area (Å²) in [5.41, 5.74) is 5.68. The lowest BCUT2D eigenvalue weighted by Gasteiger charge is -1.90. The van der Waals surface area contributed by atoms with Crippen molar-refractivity contribution in [1.82, 2.24) is 0 Å². The molecule has 0 unspecified atom stereocenters. The number of nitro groups is 1. The second kappa shape index (κ2) is 5.26. The van der Waals surface area contributed by atoms with Crippen molar-refractivity contribution in [3.05, 3.63) is 39.9 Å². The van der Waals surface area contributed by atoms with Crippen LogP contribution in [0, 0.1) is 17.0 Å². The van der Waals surface area contributed by atoms with Crippen molar-refractivity contribution in [1.29, 1.82) is 0 Å². The molecule has 1 aromatic carbocycles. The van der Waals surface area contributed by atoms with Crippen molar-refractivity contribution in [2.24, 2.45) is 5.73 Å². The molecule has 66 valence electrons. The summed E-state index contributed by atoms with van der Waals surface area (Å²) >= 11 is 0. The van der Waals surface area contributed by atoms with E-state index in [0.29, 0.717) is 0 Å². The molecule has 4 heteroatoms. The monoisotopic (exact) mass is 168 g/mol. The molecule has 0 fully saturated rings. The highest BCUT2D eigenvalue weighted by Gasteiger charge is 2.00. The minimum Gasteiger partial charge on any atom is -0.333 e. The Bertz CT molecular complexity index is 244. The predicted octanol–water partition coefficient (Wildman–Crippen LogP) is 1.48. The van der Waals surface area contributed by atoms with Crippen LogP contribution in [0.5, 0.6) is 0 Å². The SMILES string of the molecule is CN.Cc1ccc([N+](=O)[O-])cc1. The molecular weight excluding hydrogens is 156 g/mol. The van der Waals surface area contributed by atoms with Gasteiger partial charge in [0, 0.05) is 12.1 Å². The summed E-state index contributed by atoms with van der Waals surface area (Å²) in [6.45, 7) is 1.89. The van der Waals surface area contributed by atoms with E-state index in [2.05, 4.69) is 5.73 Å².